The minimum atomic E-state index is -0.108. The van der Waals surface area contributed by atoms with E-state index < -0.39 is 0 Å². The van der Waals surface area contributed by atoms with Crippen molar-refractivity contribution in [2.24, 2.45) is 0 Å². The lowest BCUT2D eigenvalue weighted by Crippen LogP contribution is -2.13. The third-order valence-corrected chi connectivity index (χ3v) is 5.99. The van der Waals surface area contributed by atoms with E-state index in [9.17, 15) is 4.79 Å². The maximum absolute atomic E-state index is 12.2. The number of amides is 1. The van der Waals surface area contributed by atoms with Crippen LogP contribution in [0.5, 0.6) is 5.75 Å². The van der Waals surface area contributed by atoms with E-state index in [1.165, 1.54) is 23.1 Å². The number of thioether (sulfide) groups is 1. The van der Waals surface area contributed by atoms with Crippen LogP contribution in [0.2, 0.25) is 5.02 Å². The van der Waals surface area contributed by atoms with Gasteiger partial charge in [0.15, 0.2) is 8.29 Å². The number of nitrogens with zero attached hydrogens (tertiary/aromatic N) is 2. The van der Waals surface area contributed by atoms with Crippen LogP contribution in [0.15, 0.2) is 52.9 Å². The van der Waals surface area contributed by atoms with Crippen LogP contribution < -0.4 is 10.1 Å². The predicted octanol–water partition coefficient (Wildman–Crippen LogP) is 5.45. The van der Waals surface area contributed by atoms with Gasteiger partial charge in [-0.25, -0.2) is 4.68 Å². The molecule has 0 unspecified atom stereocenters. The van der Waals surface area contributed by atoms with Gasteiger partial charge in [-0.05, 0) is 67.7 Å². The molecule has 1 amide bonds. The van der Waals surface area contributed by atoms with E-state index in [0.717, 1.165) is 21.5 Å². The summed E-state index contributed by atoms with van der Waals surface area (Å²) >= 11 is 14.0. The number of hydrogen-bond acceptors (Lipinski definition) is 6. The van der Waals surface area contributed by atoms with Crippen molar-refractivity contribution in [1.82, 2.24) is 9.78 Å². The van der Waals surface area contributed by atoms with Crippen LogP contribution in [-0.2, 0) is 4.79 Å². The Morgan fingerprint density at radius 2 is 1.96 bits per heavy atom. The minimum absolute atomic E-state index is 0.108. The molecule has 0 atom stereocenters. The second-order valence-electron chi connectivity index (χ2n) is 5.32. The SMILES string of the molecule is CCOc1ccc(NC(=O)CSc2nn(-c3ccc(Cl)cc3)c(=S)s2)cc1. The molecule has 5 nitrogen and oxygen atoms in total. The van der Waals surface area contributed by atoms with Gasteiger partial charge in [-0.15, -0.1) is 5.10 Å². The molecule has 0 aliphatic rings. The summed E-state index contributed by atoms with van der Waals surface area (Å²) in [5.74, 6) is 0.913. The smallest absolute Gasteiger partial charge is 0.234 e. The summed E-state index contributed by atoms with van der Waals surface area (Å²) in [7, 11) is 0. The van der Waals surface area contributed by atoms with Gasteiger partial charge in [-0.1, -0.05) is 34.7 Å². The number of benzene rings is 2. The Balaban J connectivity index is 1.58. The molecule has 0 aliphatic heterocycles. The average Bonchev–Trinajstić information content (AvgIpc) is 3.03. The van der Waals surface area contributed by atoms with Crippen molar-refractivity contribution in [3.8, 4) is 11.4 Å². The molecule has 1 aromatic heterocycles. The summed E-state index contributed by atoms with van der Waals surface area (Å²) in [5, 5.41) is 7.98. The highest BCUT2D eigenvalue weighted by atomic mass is 35.5. The second kappa shape index (κ2) is 9.36. The lowest BCUT2D eigenvalue weighted by molar-refractivity contribution is -0.113. The first-order valence-electron chi connectivity index (χ1n) is 8.07. The number of hydrogen-bond donors (Lipinski definition) is 1. The minimum Gasteiger partial charge on any atom is -0.494 e. The van der Waals surface area contributed by atoms with Crippen molar-refractivity contribution in [1.29, 1.82) is 0 Å². The normalized spacial score (nSPS) is 10.6. The molecule has 1 N–H and O–H groups in total. The standard InChI is InChI=1S/C18H16ClN3O2S3/c1-2-24-15-9-5-13(6-10-15)20-16(23)11-26-17-21-22(18(25)27-17)14-7-3-12(19)4-8-14/h3-10H,2,11H2,1H3,(H,20,23). The van der Waals surface area contributed by atoms with Crippen molar-refractivity contribution < 1.29 is 9.53 Å². The number of halogens is 1. The zero-order valence-corrected chi connectivity index (χ0v) is 17.6. The van der Waals surface area contributed by atoms with Crippen molar-refractivity contribution in [2.75, 3.05) is 17.7 Å². The predicted molar refractivity (Wildman–Crippen MR) is 114 cm³/mol. The van der Waals surface area contributed by atoms with Gasteiger partial charge in [0.05, 0.1) is 18.0 Å². The zero-order valence-electron chi connectivity index (χ0n) is 14.3. The molecule has 0 fully saturated rings. The van der Waals surface area contributed by atoms with Gasteiger partial charge in [-0.2, -0.15) is 0 Å². The van der Waals surface area contributed by atoms with Crippen LogP contribution in [-0.4, -0.2) is 28.0 Å². The maximum atomic E-state index is 12.2. The van der Waals surface area contributed by atoms with Gasteiger partial charge in [0.1, 0.15) is 5.75 Å². The molecular formula is C18H16ClN3O2S3. The molecule has 0 saturated carbocycles. The van der Waals surface area contributed by atoms with Crippen molar-refractivity contribution in [3.63, 3.8) is 0 Å². The van der Waals surface area contributed by atoms with Gasteiger partial charge in [-0.3, -0.25) is 4.79 Å². The Labute approximate surface area is 175 Å². The molecule has 0 aliphatic carbocycles. The number of rotatable bonds is 7. The fraction of sp³-hybridized carbons (Fsp3) is 0.167. The molecule has 0 saturated heterocycles. The van der Waals surface area contributed by atoms with E-state index in [1.807, 2.05) is 43.3 Å². The highest BCUT2D eigenvalue weighted by Gasteiger charge is 2.10. The molecule has 9 heteroatoms. The average molecular weight is 438 g/mol. The summed E-state index contributed by atoms with van der Waals surface area (Å²) in [6, 6.07) is 14.6. The van der Waals surface area contributed by atoms with Crippen LogP contribution in [0.25, 0.3) is 5.69 Å². The third-order valence-electron chi connectivity index (χ3n) is 3.38. The van der Waals surface area contributed by atoms with Crippen molar-refractivity contribution in [2.45, 2.75) is 11.3 Å². The number of ether oxygens (including phenoxy) is 1. The molecule has 0 radical (unpaired) electrons. The number of carbonyl (C=O) groups excluding carboxylic acids is 1. The molecule has 3 aromatic rings. The van der Waals surface area contributed by atoms with E-state index in [-0.39, 0.29) is 11.7 Å². The summed E-state index contributed by atoms with van der Waals surface area (Å²) in [6.45, 7) is 2.54. The first-order chi connectivity index (χ1) is 13.0. The van der Waals surface area contributed by atoms with Crippen LogP contribution >= 0.6 is 46.9 Å². The first kappa shape index (κ1) is 19.9. The molecule has 1 heterocycles. The third kappa shape index (κ3) is 5.55. The summed E-state index contributed by atoms with van der Waals surface area (Å²) in [6.07, 6.45) is 0. The Morgan fingerprint density at radius 3 is 2.63 bits per heavy atom. The maximum Gasteiger partial charge on any atom is 0.234 e. The quantitative estimate of drug-likeness (QED) is 0.393. The molecule has 2 aromatic carbocycles. The number of aromatic nitrogens is 2. The summed E-state index contributed by atoms with van der Waals surface area (Å²) in [4.78, 5) is 12.2. The van der Waals surface area contributed by atoms with Gasteiger partial charge < -0.3 is 10.1 Å². The second-order valence-corrected chi connectivity index (χ2v) is 8.60. The van der Waals surface area contributed by atoms with Crippen molar-refractivity contribution >= 4 is 58.5 Å². The van der Waals surface area contributed by atoms with Gasteiger partial charge >= 0.3 is 0 Å². The Kier molecular flexibility index (Phi) is 6.89. The van der Waals surface area contributed by atoms with Gasteiger partial charge in [0, 0.05) is 10.7 Å². The summed E-state index contributed by atoms with van der Waals surface area (Å²) < 4.78 is 8.40. The molecule has 27 heavy (non-hydrogen) atoms. The van der Waals surface area contributed by atoms with E-state index in [4.69, 9.17) is 28.6 Å². The van der Waals surface area contributed by atoms with E-state index in [1.54, 1.807) is 16.8 Å². The van der Waals surface area contributed by atoms with E-state index >= 15 is 0 Å². The Bertz CT molecular complexity index is 969. The fourth-order valence-corrected chi connectivity index (χ4v) is 4.48. The number of carbonyl (C=O) groups is 1. The molecule has 3 rings (SSSR count). The van der Waals surface area contributed by atoms with E-state index in [2.05, 4.69) is 10.4 Å². The van der Waals surface area contributed by atoms with Gasteiger partial charge in [0.2, 0.25) is 5.91 Å². The van der Waals surface area contributed by atoms with Gasteiger partial charge in [0.25, 0.3) is 0 Å². The topological polar surface area (TPSA) is 56.1 Å². The van der Waals surface area contributed by atoms with Crippen LogP contribution in [0, 0.1) is 3.95 Å². The van der Waals surface area contributed by atoms with E-state index in [0.29, 0.717) is 15.6 Å². The highest BCUT2D eigenvalue weighted by Crippen LogP contribution is 2.25. The lowest BCUT2D eigenvalue weighted by atomic mass is 10.3. The Hall–Kier alpha value is -1.87. The molecule has 140 valence electrons. The number of nitrogens with one attached hydrogen (secondary N) is 1. The van der Waals surface area contributed by atoms with Crippen molar-refractivity contribution in [3.05, 3.63) is 57.5 Å². The van der Waals surface area contributed by atoms with Crippen LogP contribution in [0.3, 0.4) is 0 Å². The lowest BCUT2D eigenvalue weighted by Gasteiger charge is -2.06. The number of anilines is 1. The highest BCUT2D eigenvalue weighted by molar-refractivity contribution is 8.01. The zero-order chi connectivity index (χ0) is 19.2. The molecular weight excluding hydrogens is 422 g/mol. The largest absolute Gasteiger partial charge is 0.494 e. The first-order valence-corrected chi connectivity index (χ1v) is 10.7. The summed E-state index contributed by atoms with van der Waals surface area (Å²) in [5.41, 5.74) is 1.56. The molecule has 0 bridgehead atoms. The fourth-order valence-electron chi connectivity index (χ4n) is 2.19. The molecule has 0 spiro atoms. The van der Waals surface area contributed by atoms with Crippen LogP contribution in [0.4, 0.5) is 5.69 Å². The van der Waals surface area contributed by atoms with Crippen LogP contribution in [0.1, 0.15) is 6.92 Å². The monoisotopic (exact) mass is 437 g/mol. The Morgan fingerprint density at radius 1 is 1.26 bits per heavy atom.